The maximum absolute atomic E-state index is 10.9. The molecule has 0 spiro atoms. The smallest absolute Gasteiger partial charge is 0.217 e. The van der Waals surface area contributed by atoms with E-state index in [2.05, 4.69) is 5.32 Å². The summed E-state index contributed by atoms with van der Waals surface area (Å²) in [5.41, 5.74) is 0. The number of amides is 1. The fraction of sp³-hybridized carbons (Fsp3) is 0.900. The highest BCUT2D eigenvalue weighted by atomic mass is 16.5. The molecule has 82 valence electrons. The second-order valence-electron chi connectivity index (χ2n) is 3.72. The van der Waals surface area contributed by atoms with E-state index in [-0.39, 0.29) is 18.1 Å². The van der Waals surface area contributed by atoms with Gasteiger partial charge in [0.2, 0.25) is 5.91 Å². The summed E-state index contributed by atoms with van der Waals surface area (Å²) >= 11 is 0. The third-order valence-electron chi connectivity index (χ3n) is 2.57. The molecule has 0 bridgehead atoms. The maximum Gasteiger partial charge on any atom is 0.217 e. The van der Waals surface area contributed by atoms with Crippen molar-refractivity contribution in [2.75, 3.05) is 6.61 Å². The number of aliphatic hydroxyl groups excluding tert-OH is 1. The van der Waals surface area contributed by atoms with Crippen LogP contribution in [0.25, 0.3) is 0 Å². The van der Waals surface area contributed by atoms with Crippen molar-refractivity contribution in [1.82, 2.24) is 5.32 Å². The van der Waals surface area contributed by atoms with Gasteiger partial charge in [-0.2, -0.15) is 0 Å². The Hall–Kier alpha value is -0.610. The summed E-state index contributed by atoms with van der Waals surface area (Å²) in [5, 5.41) is 12.6. The Morgan fingerprint density at radius 1 is 1.57 bits per heavy atom. The van der Waals surface area contributed by atoms with Crippen molar-refractivity contribution in [2.45, 2.75) is 51.4 Å². The first kappa shape index (κ1) is 11.5. The highest BCUT2D eigenvalue weighted by Gasteiger charge is 2.32. The third-order valence-corrected chi connectivity index (χ3v) is 2.57. The Morgan fingerprint density at radius 3 is 2.86 bits per heavy atom. The molecule has 0 aromatic carbocycles. The highest BCUT2D eigenvalue weighted by molar-refractivity contribution is 5.73. The second kappa shape index (κ2) is 5.32. The fourth-order valence-electron chi connectivity index (χ4n) is 1.95. The van der Waals surface area contributed by atoms with E-state index in [0.29, 0.717) is 6.61 Å². The van der Waals surface area contributed by atoms with Gasteiger partial charge in [0, 0.05) is 13.5 Å². The second-order valence-corrected chi connectivity index (χ2v) is 3.72. The molecule has 0 aromatic heterocycles. The first-order valence-corrected chi connectivity index (χ1v) is 5.22. The standard InChI is InChI=1S/C10H19NO3/c1-3-14-9-6-4-5-8(10(9)13)11-7(2)12/h8-10,13H,3-6H2,1-2H3,(H,11,12)/t8-,9+,10-/m0/s1. The predicted molar refractivity (Wildman–Crippen MR) is 52.9 cm³/mol. The van der Waals surface area contributed by atoms with E-state index in [9.17, 15) is 9.90 Å². The third kappa shape index (κ3) is 2.96. The van der Waals surface area contributed by atoms with E-state index < -0.39 is 6.10 Å². The monoisotopic (exact) mass is 201 g/mol. The molecule has 4 heteroatoms. The van der Waals surface area contributed by atoms with E-state index in [0.717, 1.165) is 19.3 Å². The van der Waals surface area contributed by atoms with Crippen LogP contribution in [0.5, 0.6) is 0 Å². The molecule has 4 nitrogen and oxygen atoms in total. The van der Waals surface area contributed by atoms with Gasteiger partial charge >= 0.3 is 0 Å². The van der Waals surface area contributed by atoms with Crippen molar-refractivity contribution >= 4 is 5.91 Å². The van der Waals surface area contributed by atoms with Crippen molar-refractivity contribution < 1.29 is 14.6 Å². The molecule has 1 saturated carbocycles. The first-order valence-electron chi connectivity index (χ1n) is 5.22. The number of hydrogen-bond acceptors (Lipinski definition) is 3. The van der Waals surface area contributed by atoms with Crippen molar-refractivity contribution in [1.29, 1.82) is 0 Å². The van der Waals surface area contributed by atoms with Gasteiger partial charge in [-0.15, -0.1) is 0 Å². The summed E-state index contributed by atoms with van der Waals surface area (Å²) in [6.07, 6.45) is 2.03. The van der Waals surface area contributed by atoms with Crippen LogP contribution in [0, 0.1) is 0 Å². The van der Waals surface area contributed by atoms with Crippen LogP contribution in [0.4, 0.5) is 0 Å². The molecule has 0 aromatic rings. The molecule has 0 unspecified atom stereocenters. The molecule has 1 amide bonds. The molecule has 1 fully saturated rings. The van der Waals surface area contributed by atoms with Gasteiger partial charge in [-0.1, -0.05) is 0 Å². The van der Waals surface area contributed by atoms with E-state index in [1.165, 1.54) is 6.92 Å². The summed E-state index contributed by atoms with van der Waals surface area (Å²) < 4.78 is 5.41. The van der Waals surface area contributed by atoms with Crippen LogP contribution in [-0.4, -0.2) is 35.9 Å². The molecular weight excluding hydrogens is 182 g/mol. The minimum absolute atomic E-state index is 0.0915. The number of carbonyl (C=O) groups excluding carboxylic acids is 1. The molecule has 0 heterocycles. The van der Waals surface area contributed by atoms with Crippen LogP contribution in [0.3, 0.4) is 0 Å². The lowest BCUT2D eigenvalue weighted by molar-refractivity contribution is -0.123. The average Bonchev–Trinajstić information content (AvgIpc) is 2.11. The van der Waals surface area contributed by atoms with Crippen molar-refractivity contribution in [3.05, 3.63) is 0 Å². The Morgan fingerprint density at radius 2 is 2.29 bits per heavy atom. The van der Waals surface area contributed by atoms with E-state index in [4.69, 9.17) is 4.74 Å². The molecule has 1 aliphatic carbocycles. The van der Waals surface area contributed by atoms with Gasteiger partial charge in [0.05, 0.1) is 12.1 Å². The maximum atomic E-state index is 10.9. The van der Waals surface area contributed by atoms with Crippen LogP contribution >= 0.6 is 0 Å². The lowest BCUT2D eigenvalue weighted by Gasteiger charge is -2.34. The van der Waals surface area contributed by atoms with Crippen LogP contribution in [0.15, 0.2) is 0 Å². The summed E-state index contributed by atoms with van der Waals surface area (Å²) in [5.74, 6) is -0.0915. The zero-order chi connectivity index (χ0) is 10.6. The Kier molecular flexibility index (Phi) is 4.35. The number of rotatable bonds is 3. The number of hydrogen-bond donors (Lipinski definition) is 2. The van der Waals surface area contributed by atoms with Crippen LogP contribution in [-0.2, 0) is 9.53 Å². The van der Waals surface area contributed by atoms with E-state index in [1.54, 1.807) is 0 Å². The lowest BCUT2D eigenvalue weighted by Crippen LogP contribution is -2.51. The first-order chi connectivity index (χ1) is 6.65. The van der Waals surface area contributed by atoms with Gasteiger partial charge in [-0.05, 0) is 26.2 Å². The molecule has 1 aliphatic rings. The lowest BCUT2D eigenvalue weighted by atomic mass is 9.90. The van der Waals surface area contributed by atoms with E-state index in [1.807, 2.05) is 6.92 Å². The molecule has 2 N–H and O–H groups in total. The van der Waals surface area contributed by atoms with Crippen LogP contribution in [0.1, 0.15) is 33.1 Å². The van der Waals surface area contributed by atoms with Crippen LogP contribution in [0.2, 0.25) is 0 Å². The number of aliphatic hydroxyl groups is 1. The van der Waals surface area contributed by atoms with Gasteiger partial charge in [0.15, 0.2) is 0 Å². The predicted octanol–water partition coefficient (Wildman–Crippen LogP) is 0.441. The Balaban J connectivity index is 2.47. The zero-order valence-electron chi connectivity index (χ0n) is 8.82. The summed E-state index contributed by atoms with van der Waals surface area (Å²) in [7, 11) is 0. The Bertz CT molecular complexity index is 194. The molecule has 3 atom stereocenters. The SMILES string of the molecule is CCO[C@@H]1CCC[C@H](NC(C)=O)[C@@H]1O. The number of ether oxygens (including phenoxy) is 1. The van der Waals surface area contributed by atoms with Gasteiger partial charge in [-0.25, -0.2) is 0 Å². The minimum Gasteiger partial charge on any atom is -0.388 e. The van der Waals surface area contributed by atoms with Crippen molar-refractivity contribution in [3.63, 3.8) is 0 Å². The molecule has 0 aliphatic heterocycles. The number of nitrogens with one attached hydrogen (secondary N) is 1. The molecule has 1 rings (SSSR count). The number of carbonyl (C=O) groups is 1. The molecular formula is C10H19NO3. The van der Waals surface area contributed by atoms with Crippen molar-refractivity contribution in [2.24, 2.45) is 0 Å². The van der Waals surface area contributed by atoms with Crippen LogP contribution < -0.4 is 5.32 Å². The molecule has 0 radical (unpaired) electrons. The quantitative estimate of drug-likeness (QED) is 0.696. The normalized spacial score (nSPS) is 32.6. The van der Waals surface area contributed by atoms with Crippen molar-refractivity contribution in [3.8, 4) is 0 Å². The molecule has 14 heavy (non-hydrogen) atoms. The van der Waals surface area contributed by atoms with Gasteiger partial charge in [0.25, 0.3) is 0 Å². The fourth-order valence-corrected chi connectivity index (χ4v) is 1.95. The molecule has 0 saturated heterocycles. The zero-order valence-corrected chi connectivity index (χ0v) is 8.82. The Labute approximate surface area is 84.6 Å². The highest BCUT2D eigenvalue weighted by Crippen LogP contribution is 2.21. The van der Waals surface area contributed by atoms with Gasteiger partial charge < -0.3 is 15.2 Å². The van der Waals surface area contributed by atoms with Gasteiger partial charge in [0.1, 0.15) is 6.10 Å². The average molecular weight is 201 g/mol. The summed E-state index contributed by atoms with van der Waals surface area (Å²) in [6, 6.07) is -0.141. The summed E-state index contributed by atoms with van der Waals surface area (Å²) in [6.45, 7) is 3.99. The van der Waals surface area contributed by atoms with E-state index >= 15 is 0 Å². The topological polar surface area (TPSA) is 58.6 Å². The van der Waals surface area contributed by atoms with Gasteiger partial charge in [-0.3, -0.25) is 4.79 Å². The summed E-state index contributed by atoms with van der Waals surface area (Å²) in [4.78, 5) is 10.9. The minimum atomic E-state index is -0.562. The largest absolute Gasteiger partial charge is 0.388 e.